The zero-order valence-electron chi connectivity index (χ0n) is 13.0. The highest BCUT2D eigenvalue weighted by Gasteiger charge is 2.24. The molecule has 8 heteroatoms. The highest BCUT2D eigenvalue weighted by atomic mass is 32.1. The predicted octanol–water partition coefficient (Wildman–Crippen LogP) is 1.82. The van der Waals surface area contributed by atoms with E-state index in [4.69, 9.17) is 9.47 Å². The molecule has 1 fully saturated rings. The van der Waals surface area contributed by atoms with Gasteiger partial charge in [0.2, 0.25) is 0 Å². The molecule has 2 heterocycles. The normalized spacial score (nSPS) is 14.9. The fourth-order valence-corrected chi connectivity index (χ4v) is 2.91. The summed E-state index contributed by atoms with van der Waals surface area (Å²) in [5.74, 6) is 1.48. The zero-order valence-corrected chi connectivity index (χ0v) is 13.9. The van der Waals surface area contributed by atoms with E-state index in [0.29, 0.717) is 37.9 Å². The van der Waals surface area contributed by atoms with Crippen molar-refractivity contribution in [2.24, 2.45) is 0 Å². The molecule has 0 spiro atoms. The monoisotopic (exact) mass is 334 g/mol. The first kappa shape index (κ1) is 15.7. The van der Waals surface area contributed by atoms with Gasteiger partial charge in [-0.25, -0.2) is 0 Å². The molecule has 1 saturated heterocycles. The van der Waals surface area contributed by atoms with Crippen molar-refractivity contribution in [3.63, 3.8) is 0 Å². The lowest BCUT2D eigenvalue weighted by molar-refractivity contribution is 0.220. The first-order valence-electron chi connectivity index (χ1n) is 7.25. The van der Waals surface area contributed by atoms with Crippen LogP contribution in [0.3, 0.4) is 0 Å². The second-order valence-corrected chi connectivity index (χ2v) is 5.53. The van der Waals surface area contributed by atoms with Crippen LogP contribution in [0.1, 0.15) is 0 Å². The highest BCUT2D eigenvalue weighted by Crippen LogP contribution is 2.34. The third kappa shape index (κ3) is 2.98. The van der Waals surface area contributed by atoms with Gasteiger partial charge in [0.15, 0.2) is 0 Å². The molecule has 0 bridgehead atoms. The van der Waals surface area contributed by atoms with Crippen molar-refractivity contribution in [2.45, 2.75) is 0 Å². The fraction of sp³-hybridized carbons (Fsp3) is 0.400. The van der Waals surface area contributed by atoms with Crippen molar-refractivity contribution in [1.82, 2.24) is 14.9 Å². The molecule has 1 amide bonds. The van der Waals surface area contributed by atoms with Crippen molar-refractivity contribution >= 4 is 34.6 Å². The van der Waals surface area contributed by atoms with Gasteiger partial charge in [-0.1, -0.05) is 18.7 Å². The van der Waals surface area contributed by atoms with Gasteiger partial charge >= 0.3 is 6.01 Å². The number of ether oxygens (including phenoxy) is 2. The largest absolute Gasteiger partial charge is 0.496 e. The SMILES string of the molecule is COc1nc(N2CCN(C(=O)S)CC2)c2c(OC)cccc2n1. The Morgan fingerprint density at radius 2 is 1.87 bits per heavy atom. The zero-order chi connectivity index (χ0) is 16.4. The van der Waals surface area contributed by atoms with Gasteiger partial charge in [-0.3, -0.25) is 4.79 Å². The summed E-state index contributed by atoms with van der Waals surface area (Å²) in [7, 11) is 3.17. The number of aromatic nitrogens is 2. The summed E-state index contributed by atoms with van der Waals surface area (Å²) >= 11 is 3.88. The second kappa shape index (κ2) is 6.49. The quantitative estimate of drug-likeness (QED) is 0.864. The number of benzene rings is 1. The van der Waals surface area contributed by atoms with Crippen LogP contribution in [0.4, 0.5) is 10.6 Å². The molecule has 3 rings (SSSR count). The minimum Gasteiger partial charge on any atom is -0.496 e. The van der Waals surface area contributed by atoms with E-state index in [1.165, 1.54) is 0 Å². The number of carbonyl (C=O) groups is 1. The molecule has 1 aliphatic rings. The van der Waals surface area contributed by atoms with Crippen LogP contribution in [-0.2, 0) is 0 Å². The highest BCUT2D eigenvalue weighted by molar-refractivity contribution is 7.96. The van der Waals surface area contributed by atoms with Gasteiger partial charge < -0.3 is 19.3 Å². The van der Waals surface area contributed by atoms with Crippen molar-refractivity contribution in [1.29, 1.82) is 0 Å². The lowest BCUT2D eigenvalue weighted by Gasteiger charge is -2.35. The van der Waals surface area contributed by atoms with E-state index in [-0.39, 0.29) is 5.24 Å². The summed E-state index contributed by atoms with van der Waals surface area (Å²) in [5, 5.41) is 0.647. The predicted molar refractivity (Wildman–Crippen MR) is 90.8 cm³/mol. The van der Waals surface area contributed by atoms with Gasteiger partial charge in [0, 0.05) is 26.2 Å². The summed E-state index contributed by atoms with van der Waals surface area (Å²) < 4.78 is 10.7. The average Bonchev–Trinajstić information content (AvgIpc) is 2.60. The third-order valence-electron chi connectivity index (χ3n) is 3.90. The summed E-state index contributed by atoms with van der Waals surface area (Å²) in [6, 6.07) is 5.98. The molecule has 0 aliphatic carbocycles. The maximum absolute atomic E-state index is 11.4. The summed E-state index contributed by atoms with van der Waals surface area (Å²) in [6.07, 6.45) is 0. The molecule has 23 heavy (non-hydrogen) atoms. The summed E-state index contributed by atoms with van der Waals surface area (Å²) in [4.78, 5) is 24.1. The molecular formula is C15H18N4O3S. The van der Waals surface area contributed by atoms with E-state index in [2.05, 4.69) is 27.5 Å². The van der Waals surface area contributed by atoms with Crippen molar-refractivity contribution in [3.8, 4) is 11.8 Å². The maximum atomic E-state index is 11.4. The van der Waals surface area contributed by atoms with Gasteiger partial charge in [0.1, 0.15) is 11.6 Å². The summed E-state index contributed by atoms with van der Waals surface area (Å²) in [6.45, 7) is 2.54. The number of fused-ring (bicyclic) bond motifs is 1. The smallest absolute Gasteiger partial charge is 0.318 e. The molecule has 0 saturated carbocycles. The maximum Gasteiger partial charge on any atom is 0.318 e. The van der Waals surface area contributed by atoms with Crippen molar-refractivity contribution in [3.05, 3.63) is 18.2 Å². The van der Waals surface area contributed by atoms with Crippen LogP contribution in [0.5, 0.6) is 11.8 Å². The number of amides is 1. The van der Waals surface area contributed by atoms with Gasteiger partial charge in [-0.15, -0.1) is 0 Å². The average molecular weight is 334 g/mol. The summed E-state index contributed by atoms with van der Waals surface area (Å²) in [5.41, 5.74) is 0.763. The molecule has 1 aliphatic heterocycles. The topological polar surface area (TPSA) is 67.8 Å². The van der Waals surface area contributed by atoms with Crippen LogP contribution in [-0.4, -0.2) is 60.5 Å². The van der Waals surface area contributed by atoms with Crippen LogP contribution in [0.25, 0.3) is 10.9 Å². The van der Waals surface area contributed by atoms with Gasteiger partial charge in [0.25, 0.3) is 5.24 Å². The Hall–Kier alpha value is -2.22. The Labute approximate surface area is 139 Å². The van der Waals surface area contributed by atoms with E-state index in [9.17, 15) is 4.79 Å². The number of anilines is 1. The van der Waals surface area contributed by atoms with Crippen LogP contribution < -0.4 is 14.4 Å². The van der Waals surface area contributed by atoms with Crippen LogP contribution in [0.15, 0.2) is 18.2 Å². The standard InChI is InChI=1S/C15H18N4O3S/c1-21-11-5-3-4-10-12(11)13(17-14(16-10)22-2)18-6-8-19(9-7-18)15(20)23/h3-5H,6-9H2,1-2H3,(H,20,23). The Kier molecular flexibility index (Phi) is 4.42. The Morgan fingerprint density at radius 3 is 2.48 bits per heavy atom. The van der Waals surface area contributed by atoms with Gasteiger partial charge in [0.05, 0.1) is 25.1 Å². The van der Waals surface area contributed by atoms with E-state index in [0.717, 1.165) is 16.7 Å². The molecule has 1 aromatic carbocycles. The lowest BCUT2D eigenvalue weighted by Crippen LogP contribution is -2.47. The Bertz CT molecular complexity index is 732. The second-order valence-electron chi connectivity index (χ2n) is 5.14. The third-order valence-corrected chi connectivity index (χ3v) is 4.18. The van der Waals surface area contributed by atoms with Gasteiger partial charge in [-0.2, -0.15) is 9.97 Å². The molecule has 0 atom stereocenters. The van der Waals surface area contributed by atoms with Crippen LogP contribution in [0.2, 0.25) is 0 Å². The van der Waals surface area contributed by atoms with E-state index >= 15 is 0 Å². The molecule has 122 valence electrons. The number of hydrogen-bond donors (Lipinski definition) is 1. The Balaban J connectivity index is 2.04. The number of hydrogen-bond acceptors (Lipinski definition) is 6. The Morgan fingerprint density at radius 1 is 1.13 bits per heavy atom. The van der Waals surface area contributed by atoms with Crippen LogP contribution in [0, 0.1) is 0 Å². The van der Waals surface area contributed by atoms with E-state index in [1.54, 1.807) is 19.1 Å². The molecule has 0 radical (unpaired) electrons. The molecule has 1 aromatic heterocycles. The molecule has 0 N–H and O–H groups in total. The number of methoxy groups -OCH3 is 2. The van der Waals surface area contributed by atoms with Crippen molar-refractivity contribution < 1.29 is 14.3 Å². The van der Waals surface area contributed by atoms with E-state index < -0.39 is 0 Å². The van der Waals surface area contributed by atoms with Crippen LogP contribution >= 0.6 is 12.6 Å². The molecular weight excluding hydrogens is 316 g/mol. The number of carbonyl (C=O) groups excluding carboxylic acids is 1. The van der Waals surface area contributed by atoms with E-state index in [1.807, 2.05) is 18.2 Å². The number of piperazine rings is 1. The minimum absolute atomic E-state index is 0.202. The first-order valence-corrected chi connectivity index (χ1v) is 7.70. The molecule has 2 aromatic rings. The van der Waals surface area contributed by atoms with Gasteiger partial charge in [-0.05, 0) is 12.1 Å². The molecule has 7 nitrogen and oxygen atoms in total. The minimum atomic E-state index is -0.202. The van der Waals surface area contributed by atoms with Crippen molar-refractivity contribution in [2.75, 3.05) is 45.3 Å². The number of nitrogens with zero attached hydrogens (tertiary/aromatic N) is 4. The first-order chi connectivity index (χ1) is 11.1. The lowest BCUT2D eigenvalue weighted by atomic mass is 10.2. The number of thiol groups is 1. The fourth-order valence-electron chi connectivity index (χ4n) is 2.71. The molecule has 0 unspecified atom stereocenters. The number of rotatable bonds is 3.